The molecule has 2 bridgehead atoms. The van der Waals surface area contributed by atoms with Crippen LogP contribution in [0.25, 0.3) is 0 Å². The highest BCUT2D eigenvalue weighted by Gasteiger charge is 2.33. The lowest BCUT2D eigenvalue weighted by molar-refractivity contribution is 0.293. The SMILES string of the molecule is [B]1C2CCCC1C(CCC1CC=CCC1)CC2. The Hall–Kier alpha value is -0.195. The van der Waals surface area contributed by atoms with Gasteiger partial charge in [-0.25, -0.2) is 0 Å². The van der Waals surface area contributed by atoms with Gasteiger partial charge in [0.1, 0.15) is 7.28 Å². The molecule has 0 nitrogen and oxygen atoms in total. The quantitative estimate of drug-likeness (QED) is 0.472. The number of rotatable bonds is 3. The lowest BCUT2D eigenvalue weighted by Gasteiger charge is -2.40. The Balaban J connectivity index is 1.46. The van der Waals surface area contributed by atoms with Gasteiger partial charge in [-0.2, -0.15) is 0 Å². The third kappa shape index (κ3) is 2.98. The summed E-state index contributed by atoms with van der Waals surface area (Å²) >= 11 is 0. The van der Waals surface area contributed by atoms with Crippen molar-refractivity contribution in [3.05, 3.63) is 12.2 Å². The Morgan fingerprint density at radius 1 is 0.941 bits per heavy atom. The van der Waals surface area contributed by atoms with Crippen molar-refractivity contribution in [3.8, 4) is 0 Å². The fraction of sp³-hybridized carbons (Fsp3) is 0.875. The molecule has 2 saturated heterocycles. The highest BCUT2D eigenvalue weighted by Crippen LogP contribution is 2.47. The van der Waals surface area contributed by atoms with Gasteiger partial charge in [0.15, 0.2) is 0 Å². The second-order valence-corrected chi connectivity index (χ2v) is 6.61. The normalized spacial score (nSPS) is 40.9. The van der Waals surface area contributed by atoms with Gasteiger partial charge in [0.25, 0.3) is 0 Å². The number of hydrogen-bond donors (Lipinski definition) is 0. The second-order valence-electron chi connectivity index (χ2n) is 6.61. The molecule has 1 radical (unpaired) electrons. The van der Waals surface area contributed by atoms with Crippen LogP contribution < -0.4 is 0 Å². The van der Waals surface area contributed by atoms with E-state index in [1.807, 2.05) is 0 Å². The molecule has 0 amide bonds. The van der Waals surface area contributed by atoms with Gasteiger partial charge >= 0.3 is 0 Å². The molecular formula is C16H26B. The van der Waals surface area contributed by atoms with E-state index in [-0.39, 0.29) is 0 Å². The van der Waals surface area contributed by atoms with Crippen LogP contribution in [0.1, 0.15) is 64.2 Å². The molecular weight excluding hydrogens is 203 g/mol. The minimum Gasteiger partial charge on any atom is -0.0885 e. The van der Waals surface area contributed by atoms with Crippen molar-refractivity contribution in [2.24, 2.45) is 11.8 Å². The van der Waals surface area contributed by atoms with E-state index in [1.165, 1.54) is 64.2 Å². The summed E-state index contributed by atoms with van der Waals surface area (Å²) < 4.78 is 0. The molecule has 0 N–H and O–H groups in total. The Kier molecular flexibility index (Phi) is 3.93. The van der Waals surface area contributed by atoms with E-state index in [1.54, 1.807) is 0 Å². The zero-order valence-corrected chi connectivity index (χ0v) is 11.1. The van der Waals surface area contributed by atoms with E-state index in [9.17, 15) is 0 Å². The van der Waals surface area contributed by atoms with E-state index in [0.717, 1.165) is 23.5 Å². The van der Waals surface area contributed by atoms with Crippen LogP contribution in [-0.2, 0) is 0 Å². The molecule has 0 aromatic carbocycles. The van der Waals surface area contributed by atoms with Crippen molar-refractivity contribution in [2.45, 2.75) is 75.8 Å². The minimum atomic E-state index is 1.00. The average Bonchev–Trinajstić information content (AvgIpc) is 2.40. The van der Waals surface area contributed by atoms with Crippen LogP contribution in [0.5, 0.6) is 0 Å². The zero-order chi connectivity index (χ0) is 11.5. The summed E-state index contributed by atoms with van der Waals surface area (Å²) in [5.74, 6) is 4.07. The summed E-state index contributed by atoms with van der Waals surface area (Å²) in [5.41, 5.74) is 0. The van der Waals surface area contributed by atoms with E-state index < -0.39 is 0 Å². The van der Waals surface area contributed by atoms with Crippen molar-refractivity contribution in [1.29, 1.82) is 0 Å². The molecule has 17 heavy (non-hydrogen) atoms. The molecule has 3 aliphatic rings. The van der Waals surface area contributed by atoms with Crippen LogP contribution >= 0.6 is 0 Å². The highest BCUT2D eigenvalue weighted by atomic mass is 14.3. The number of allylic oxidation sites excluding steroid dienone is 2. The van der Waals surface area contributed by atoms with Crippen molar-refractivity contribution >= 4 is 7.28 Å². The molecule has 1 heteroatoms. The predicted molar refractivity (Wildman–Crippen MR) is 75.5 cm³/mol. The van der Waals surface area contributed by atoms with Gasteiger partial charge in [-0.15, -0.1) is 0 Å². The Labute approximate surface area is 107 Å². The van der Waals surface area contributed by atoms with Crippen LogP contribution in [0.2, 0.25) is 11.6 Å². The molecule has 3 rings (SSSR count). The predicted octanol–water partition coefficient (Wildman–Crippen LogP) is 5.00. The third-order valence-electron chi connectivity index (χ3n) is 5.47. The van der Waals surface area contributed by atoms with Crippen LogP contribution in [0.3, 0.4) is 0 Å². The summed E-state index contributed by atoms with van der Waals surface area (Å²) in [6.07, 6.45) is 19.5. The topological polar surface area (TPSA) is 0 Å². The largest absolute Gasteiger partial charge is 0.118 e. The van der Waals surface area contributed by atoms with Crippen molar-refractivity contribution in [2.75, 3.05) is 0 Å². The van der Waals surface area contributed by atoms with Gasteiger partial charge in [-0.3, -0.25) is 0 Å². The van der Waals surface area contributed by atoms with Crippen molar-refractivity contribution in [3.63, 3.8) is 0 Å². The van der Waals surface area contributed by atoms with Crippen LogP contribution in [-0.4, -0.2) is 7.28 Å². The summed E-state index contributed by atoms with van der Waals surface area (Å²) in [6.45, 7) is 0. The van der Waals surface area contributed by atoms with Gasteiger partial charge in [0, 0.05) is 0 Å². The first-order valence-electron chi connectivity index (χ1n) is 7.92. The molecule has 2 fully saturated rings. The van der Waals surface area contributed by atoms with Crippen LogP contribution in [0, 0.1) is 11.8 Å². The van der Waals surface area contributed by atoms with E-state index in [0.29, 0.717) is 0 Å². The van der Waals surface area contributed by atoms with Crippen molar-refractivity contribution < 1.29 is 0 Å². The van der Waals surface area contributed by atoms with Crippen LogP contribution in [0.4, 0.5) is 0 Å². The number of fused-ring (bicyclic) bond motifs is 2. The van der Waals surface area contributed by atoms with Gasteiger partial charge in [-0.05, 0) is 37.5 Å². The Morgan fingerprint density at radius 2 is 1.94 bits per heavy atom. The highest BCUT2D eigenvalue weighted by molar-refractivity contribution is 6.40. The fourth-order valence-electron chi connectivity index (χ4n) is 4.36. The van der Waals surface area contributed by atoms with E-state index in [2.05, 4.69) is 19.4 Å². The molecule has 2 heterocycles. The maximum Gasteiger partial charge on any atom is 0.118 e. The first kappa shape index (κ1) is 11.9. The van der Waals surface area contributed by atoms with Crippen molar-refractivity contribution in [1.82, 2.24) is 0 Å². The molecule has 4 unspecified atom stereocenters. The molecule has 4 atom stereocenters. The summed E-state index contributed by atoms with van der Waals surface area (Å²) in [6, 6.07) is 0. The Morgan fingerprint density at radius 3 is 2.82 bits per heavy atom. The lowest BCUT2D eigenvalue weighted by Crippen LogP contribution is -2.29. The third-order valence-corrected chi connectivity index (χ3v) is 5.47. The monoisotopic (exact) mass is 229 g/mol. The van der Waals surface area contributed by atoms with Gasteiger partial charge in [-0.1, -0.05) is 62.3 Å². The first-order valence-corrected chi connectivity index (χ1v) is 7.92. The molecule has 0 spiro atoms. The summed E-state index contributed by atoms with van der Waals surface area (Å²) in [4.78, 5) is 0. The lowest BCUT2D eigenvalue weighted by atomic mass is 9.41. The second kappa shape index (κ2) is 5.63. The molecule has 0 saturated carbocycles. The van der Waals surface area contributed by atoms with E-state index in [4.69, 9.17) is 0 Å². The molecule has 1 aliphatic carbocycles. The fourth-order valence-corrected chi connectivity index (χ4v) is 4.36. The minimum absolute atomic E-state index is 1.00. The van der Waals surface area contributed by atoms with Gasteiger partial charge in [0.2, 0.25) is 0 Å². The molecule has 0 aromatic heterocycles. The average molecular weight is 229 g/mol. The number of hydrogen-bond acceptors (Lipinski definition) is 0. The van der Waals surface area contributed by atoms with Gasteiger partial charge in [0.05, 0.1) is 0 Å². The first-order chi connectivity index (χ1) is 8.42. The molecule has 93 valence electrons. The zero-order valence-electron chi connectivity index (χ0n) is 11.1. The Bertz CT molecular complexity index is 271. The van der Waals surface area contributed by atoms with E-state index >= 15 is 0 Å². The summed E-state index contributed by atoms with van der Waals surface area (Å²) in [5, 5.41) is 0. The molecule has 0 aromatic rings. The standard InChI is InChI=1S/C16H26B/c1-2-5-13(6-3-1)9-10-14-11-12-15-7-4-8-16(14)17-15/h1-2,13-16H,3-12H2. The van der Waals surface area contributed by atoms with Gasteiger partial charge < -0.3 is 0 Å². The molecule has 2 aliphatic heterocycles. The van der Waals surface area contributed by atoms with Crippen LogP contribution in [0.15, 0.2) is 12.2 Å². The maximum atomic E-state index is 2.73. The maximum absolute atomic E-state index is 2.73. The smallest absolute Gasteiger partial charge is 0.0885 e. The summed E-state index contributed by atoms with van der Waals surface area (Å²) in [7, 11) is 2.73.